The number of aromatic nitrogens is 2. The monoisotopic (exact) mass is 163 g/mol. The second-order valence-electron chi connectivity index (χ2n) is 2.59. The number of aryl methyl sites for hydroxylation is 1. The van der Waals surface area contributed by atoms with Crippen LogP contribution in [0.25, 0.3) is 11.0 Å². The lowest BCUT2D eigenvalue weighted by Gasteiger charge is -1.96. The van der Waals surface area contributed by atoms with Crippen LogP contribution < -0.4 is 0 Å². The van der Waals surface area contributed by atoms with E-state index in [-0.39, 0.29) is 5.82 Å². The summed E-state index contributed by atoms with van der Waals surface area (Å²) in [6.07, 6.45) is 2.79. The molecule has 0 spiro atoms. The molecule has 2 aromatic rings. The van der Waals surface area contributed by atoms with E-state index in [0.717, 1.165) is 17.6 Å². The maximum Gasteiger partial charge on any atom is 0.177 e. The van der Waals surface area contributed by atoms with Gasteiger partial charge in [0.05, 0.1) is 11.0 Å². The van der Waals surface area contributed by atoms with Gasteiger partial charge >= 0.3 is 0 Å². The van der Waals surface area contributed by atoms with Crippen molar-refractivity contribution in [2.45, 2.75) is 13.5 Å². The molecule has 0 aliphatic heterocycles. The summed E-state index contributed by atoms with van der Waals surface area (Å²) in [7, 11) is 0. The molecule has 0 saturated carbocycles. The molecule has 0 unspecified atom stereocenters. The molecule has 61 valence electrons. The van der Waals surface area contributed by atoms with Gasteiger partial charge < -0.3 is 4.57 Å². The first-order chi connectivity index (χ1) is 5.81. The largest absolute Gasteiger partial charge is 0.322 e. The van der Waals surface area contributed by atoms with Gasteiger partial charge in [-0.15, -0.1) is 0 Å². The van der Waals surface area contributed by atoms with Crippen molar-refractivity contribution in [3.05, 3.63) is 30.3 Å². The Morgan fingerprint density at radius 2 is 2.42 bits per heavy atom. The van der Waals surface area contributed by atoms with Gasteiger partial charge in [-0.1, -0.05) is 0 Å². The van der Waals surface area contributed by atoms with Gasteiger partial charge in [-0.2, -0.15) is 0 Å². The fourth-order valence-electron chi connectivity index (χ4n) is 1.22. The molecule has 0 amide bonds. The summed E-state index contributed by atoms with van der Waals surface area (Å²) >= 11 is 0. The van der Waals surface area contributed by atoms with Gasteiger partial charge in [0.25, 0.3) is 0 Å². The average Bonchev–Trinajstić information content (AvgIpc) is 2.46. The van der Waals surface area contributed by atoms with E-state index in [2.05, 4.69) is 11.3 Å². The zero-order valence-electron chi connectivity index (χ0n) is 6.71. The molecule has 0 aliphatic carbocycles. The highest BCUT2D eigenvalue weighted by Crippen LogP contribution is 2.13. The van der Waals surface area contributed by atoms with Gasteiger partial charge in [-0.05, 0) is 25.1 Å². The molecule has 0 aliphatic rings. The van der Waals surface area contributed by atoms with E-state index in [0.29, 0.717) is 0 Å². The van der Waals surface area contributed by atoms with Crippen LogP contribution in [0.4, 0.5) is 4.39 Å². The van der Waals surface area contributed by atoms with Gasteiger partial charge in [0.2, 0.25) is 0 Å². The van der Waals surface area contributed by atoms with Gasteiger partial charge in [0, 0.05) is 6.54 Å². The Hall–Kier alpha value is -1.38. The highest BCUT2D eigenvalue weighted by molar-refractivity contribution is 5.74. The summed E-state index contributed by atoms with van der Waals surface area (Å²) in [6.45, 7) is 2.74. The summed E-state index contributed by atoms with van der Waals surface area (Å²) in [4.78, 5) is 4.00. The van der Waals surface area contributed by atoms with Crippen molar-refractivity contribution in [1.29, 1.82) is 0 Å². The lowest BCUT2D eigenvalue weighted by molar-refractivity contribution is 0.628. The van der Waals surface area contributed by atoms with E-state index in [9.17, 15) is 4.39 Å². The number of halogens is 1. The number of hydrogen-bond acceptors (Lipinski definition) is 1. The van der Waals surface area contributed by atoms with Gasteiger partial charge in [-0.25, -0.2) is 9.37 Å². The standard InChI is InChI=1S/C9H8FN2/c1-2-12-6-11-8-4-3-7(10)5-9(8)12/h3-5H,2H2,1H3. The normalized spacial score (nSPS) is 10.8. The smallest absolute Gasteiger partial charge is 0.177 e. The first-order valence-corrected chi connectivity index (χ1v) is 3.84. The van der Waals surface area contributed by atoms with E-state index in [1.54, 1.807) is 10.6 Å². The number of nitrogens with zero attached hydrogens (tertiary/aromatic N) is 2. The Balaban J connectivity index is 2.75. The fourth-order valence-corrected chi connectivity index (χ4v) is 1.22. The molecule has 2 nitrogen and oxygen atoms in total. The minimum atomic E-state index is -0.230. The molecule has 1 radical (unpaired) electrons. The fraction of sp³-hybridized carbons (Fsp3) is 0.222. The van der Waals surface area contributed by atoms with Crippen molar-refractivity contribution in [1.82, 2.24) is 9.55 Å². The predicted octanol–water partition coefficient (Wildman–Crippen LogP) is 2.00. The van der Waals surface area contributed by atoms with Crippen LogP contribution in [0, 0.1) is 12.1 Å². The Morgan fingerprint density at radius 1 is 1.58 bits per heavy atom. The third kappa shape index (κ3) is 0.978. The molecule has 0 fully saturated rings. The van der Waals surface area contributed by atoms with Gasteiger partial charge in [0.15, 0.2) is 6.33 Å². The van der Waals surface area contributed by atoms with E-state index in [1.165, 1.54) is 12.1 Å². The highest BCUT2D eigenvalue weighted by Gasteiger charge is 2.01. The summed E-state index contributed by atoms with van der Waals surface area (Å²) in [5, 5.41) is 0. The van der Waals surface area contributed by atoms with Gasteiger partial charge in [-0.3, -0.25) is 0 Å². The van der Waals surface area contributed by atoms with E-state index < -0.39 is 0 Å². The lowest BCUT2D eigenvalue weighted by Crippen LogP contribution is -1.91. The Morgan fingerprint density at radius 3 is 3.17 bits per heavy atom. The molecule has 2 rings (SSSR count). The van der Waals surface area contributed by atoms with Gasteiger partial charge in [0.1, 0.15) is 5.82 Å². The maximum absolute atomic E-state index is 12.8. The molecule has 1 aromatic carbocycles. The number of imidazole rings is 1. The minimum absolute atomic E-state index is 0.230. The van der Waals surface area contributed by atoms with Crippen molar-refractivity contribution in [3.8, 4) is 0 Å². The highest BCUT2D eigenvalue weighted by atomic mass is 19.1. The minimum Gasteiger partial charge on any atom is -0.322 e. The SMILES string of the molecule is CCn1[c]nc2ccc(F)cc21. The van der Waals surface area contributed by atoms with E-state index in [4.69, 9.17) is 0 Å². The van der Waals surface area contributed by atoms with Crippen LogP contribution in [-0.4, -0.2) is 9.55 Å². The molecule has 0 N–H and O–H groups in total. The second-order valence-corrected chi connectivity index (χ2v) is 2.59. The Kier molecular flexibility index (Phi) is 1.57. The zero-order chi connectivity index (χ0) is 8.55. The summed E-state index contributed by atoms with van der Waals surface area (Å²) < 4.78 is 14.6. The van der Waals surface area contributed by atoms with Crippen molar-refractivity contribution in [2.24, 2.45) is 0 Å². The van der Waals surface area contributed by atoms with E-state index >= 15 is 0 Å². The number of rotatable bonds is 1. The first-order valence-electron chi connectivity index (χ1n) is 3.84. The summed E-state index contributed by atoms with van der Waals surface area (Å²) in [5.74, 6) is -0.230. The number of benzene rings is 1. The molecule has 1 heterocycles. The third-order valence-electron chi connectivity index (χ3n) is 1.84. The molecule has 0 saturated heterocycles. The van der Waals surface area contributed by atoms with Crippen LogP contribution in [-0.2, 0) is 6.54 Å². The molecule has 3 heteroatoms. The molecule has 1 aromatic heterocycles. The molecule has 12 heavy (non-hydrogen) atoms. The van der Waals surface area contributed by atoms with Crippen molar-refractivity contribution in [2.75, 3.05) is 0 Å². The van der Waals surface area contributed by atoms with Crippen molar-refractivity contribution < 1.29 is 4.39 Å². The Bertz CT molecular complexity index is 406. The number of fused-ring (bicyclic) bond motifs is 1. The molecular weight excluding hydrogens is 155 g/mol. The van der Waals surface area contributed by atoms with E-state index in [1.807, 2.05) is 6.92 Å². The average molecular weight is 163 g/mol. The zero-order valence-corrected chi connectivity index (χ0v) is 6.71. The predicted molar refractivity (Wildman–Crippen MR) is 44.2 cm³/mol. The van der Waals surface area contributed by atoms with Crippen LogP contribution in [0.2, 0.25) is 0 Å². The van der Waals surface area contributed by atoms with Crippen molar-refractivity contribution >= 4 is 11.0 Å². The molecule has 0 bridgehead atoms. The second kappa shape index (κ2) is 2.59. The van der Waals surface area contributed by atoms with Crippen LogP contribution in [0.1, 0.15) is 6.92 Å². The Labute approximate surface area is 69.6 Å². The summed E-state index contributed by atoms with van der Waals surface area (Å²) in [6, 6.07) is 4.54. The maximum atomic E-state index is 12.8. The van der Waals surface area contributed by atoms with Crippen LogP contribution in [0.15, 0.2) is 18.2 Å². The number of hydrogen-bond donors (Lipinski definition) is 0. The third-order valence-corrected chi connectivity index (χ3v) is 1.84. The molecular formula is C9H8FN2. The summed E-state index contributed by atoms with van der Waals surface area (Å²) in [5.41, 5.74) is 1.59. The topological polar surface area (TPSA) is 17.8 Å². The lowest BCUT2D eigenvalue weighted by atomic mass is 10.3. The quantitative estimate of drug-likeness (QED) is 0.628. The van der Waals surface area contributed by atoms with Crippen LogP contribution >= 0.6 is 0 Å². The van der Waals surface area contributed by atoms with Crippen molar-refractivity contribution in [3.63, 3.8) is 0 Å². The van der Waals surface area contributed by atoms with Crippen LogP contribution in [0.5, 0.6) is 0 Å². The first kappa shape index (κ1) is 7.28. The van der Waals surface area contributed by atoms with Crippen LogP contribution in [0.3, 0.4) is 0 Å². The molecule has 0 atom stereocenters.